The number of nitrogens with zero attached hydrogens (tertiary/aromatic N) is 1. The molecule has 4 nitrogen and oxygen atoms in total. The number of halogens is 1. The van der Waals surface area contributed by atoms with Crippen LogP contribution in [-0.2, 0) is 11.4 Å². The highest BCUT2D eigenvalue weighted by Crippen LogP contribution is 2.19. The van der Waals surface area contributed by atoms with Gasteiger partial charge >= 0.3 is 0 Å². The van der Waals surface area contributed by atoms with Crippen LogP contribution in [0.15, 0.2) is 78.4 Å². The van der Waals surface area contributed by atoms with Crippen LogP contribution >= 0.6 is 11.6 Å². The maximum Gasteiger partial charge on any atom is 0.266 e. The molecule has 0 unspecified atom stereocenters. The summed E-state index contributed by atoms with van der Waals surface area (Å²) in [5.74, 6) is 0.176. The van der Waals surface area contributed by atoms with E-state index >= 15 is 0 Å². The summed E-state index contributed by atoms with van der Waals surface area (Å²) in [5, 5.41) is 12.6. The third-order valence-electron chi connectivity index (χ3n) is 4.16. The molecular weight excluding hydrogens is 384 g/mol. The fourth-order valence-corrected chi connectivity index (χ4v) is 2.72. The number of carbonyl (C=O) groups is 1. The van der Waals surface area contributed by atoms with Crippen molar-refractivity contribution < 1.29 is 9.53 Å². The maximum atomic E-state index is 12.4. The van der Waals surface area contributed by atoms with E-state index in [9.17, 15) is 10.1 Å². The van der Waals surface area contributed by atoms with Crippen LogP contribution in [-0.4, -0.2) is 5.91 Å². The first-order valence-electron chi connectivity index (χ1n) is 9.00. The van der Waals surface area contributed by atoms with Crippen molar-refractivity contribution >= 4 is 29.3 Å². The predicted molar refractivity (Wildman–Crippen MR) is 116 cm³/mol. The Morgan fingerprint density at radius 3 is 2.52 bits per heavy atom. The van der Waals surface area contributed by atoms with Gasteiger partial charge in [-0.15, -0.1) is 0 Å². The Morgan fingerprint density at radius 1 is 1.10 bits per heavy atom. The first kappa shape index (κ1) is 20.2. The van der Waals surface area contributed by atoms with Crippen molar-refractivity contribution in [3.05, 3.63) is 100 Å². The summed E-state index contributed by atoms with van der Waals surface area (Å²) in [4.78, 5) is 12.4. The van der Waals surface area contributed by atoms with E-state index in [1.54, 1.807) is 30.3 Å². The third-order valence-corrected chi connectivity index (χ3v) is 4.41. The van der Waals surface area contributed by atoms with Crippen LogP contribution in [0.5, 0.6) is 5.75 Å². The van der Waals surface area contributed by atoms with E-state index in [-0.39, 0.29) is 5.57 Å². The van der Waals surface area contributed by atoms with E-state index < -0.39 is 5.91 Å². The summed E-state index contributed by atoms with van der Waals surface area (Å²) < 4.78 is 5.83. The molecule has 0 aliphatic rings. The maximum absolute atomic E-state index is 12.4. The number of hydrogen-bond donors (Lipinski definition) is 1. The zero-order chi connectivity index (χ0) is 20.6. The molecule has 0 heterocycles. The zero-order valence-corrected chi connectivity index (χ0v) is 16.6. The summed E-state index contributed by atoms with van der Waals surface area (Å²) in [6.07, 6.45) is 1.53. The van der Waals surface area contributed by atoms with E-state index in [1.807, 2.05) is 55.5 Å². The molecule has 0 fully saturated rings. The average molecular weight is 403 g/mol. The summed E-state index contributed by atoms with van der Waals surface area (Å²) in [5.41, 5.74) is 3.53. The first-order chi connectivity index (χ1) is 14.0. The zero-order valence-electron chi connectivity index (χ0n) is 15.9. The number of anilines is 1. The molecule has 0 aliphatic heterocycles. The van der Waals surface area contributed by atoms with Gasteiger partial charge in [-0.05, 0) is 60.5 Å². The molecule has 1 N–H and O–H groups in total. The minimum absolute atomic E-state index is 0.00404. The van der Waals surface area contributed by atoms with Gasteiger partial charge in [-0.1, -0.05) is 53.6 Å². The SMILES string of the molecule is Cc1ccc(COc2cccc(/C=C(\C#N)C(=O)Nc3ccc(Cl)cc3)c2)cc1. The highest BCUT2D eigenvalue weighted by Gasteiger charge is 2.10. The van der Waals surface area contributed by atoms with Gasteiger partial charge in [0.15, 0.2) is 0 Å². The van der Waals surface area contributed by atoms with Crippen LogP contribution in [0.25, 0.3) is 6.08 Å². The molecule has 0 saturated carbocycles. The monoisotopic (exact) mass is 402 g/mol. The summed E-state index contributed by atoms with van der Waals surface area (Å²) in [7, 11) is 0. The Kier molecular flexibility index (Phi) is 6.67. The summed E-state index contributed by atoms with van der Waals surface area (Å²) in [6, 6.07) is 24.0. The van der Waals surface area contributed by atoms with Crippen molar-refractivity contribution in [2.75, 3.05) is 5.32 Å². The molecule has 0 aromatic heterocycles. The quantitative estimate of drug-likeness (QED) is 0.420. The molecule has 3 aromatic rings. The average Bonchev–Trinajstić information content (AvgIpc) is 2.73. The fraction of sp³-hybridized carbons (Fsp3) is 0.0833. The lowest BCUT2D eigenvalue weighted by Gasteiger charge is -2.08. The van der Waals surface area contributed by atoms with Gasteiger partial charge in [-0.25, -0.2) is 0 Å². The Bertz CT molecular complexity index is 1070. The number of aryl methyl sites for hydroxylation is 1. The second-order valence-electron chi connectivity index (χ2n) is 6.48. The Balaban J connectivity index is 1.69. The van der Waals surface area contributed by atoms with E-state index in [2.05, 4.69) is 5.32 Å². The van der Waals surface area contributed by atoms with Gasteiger partial charge in [0.1, 0.15) is 24.0 Å². The highest BCUT2D eigenvalue weighted by atomic mass is 35.5. The molecule has 3 aromatic carbocycles. The minimum Gasteiger partial charge on any atom is -0.489 e. The summed E-state index contributed by atoms with van der Waals surface area (Å²) >= 11 is 5.84. The lowest BCUT2D eigenvalue weighted by Crippen LogP contribution is -2.13. The smallest absolute Gasteiger partial charge is 0.266 e. The van der Waals surface area contributed by atoms with Gasteiger partial charge < -0.3 is 10.1 Å². The standard InChI is InChI=1S/C24H19ClN2O2/c1-17-5-7-18(8-6-17)16-29-23-4-2-3-19(14-23)13-20(15-26)24(28)27-22-11-9-21(25)10-12-22/h2-14H,16H2,1H3,(H,27,28)/b20-13+. The van der Waals surface area contributed by atoms with Crippen molar-refractivity contribution in [1.82, 2.24) is 0 Å². The fourth-order valence-electron chi connectivity index (χ4n) is 2.59. The lowest BCUT2D eigenvalue weighted by atomic mass is 10.1. The molecule has 0 bridgehead atoms. The number of benzene rings is 3. The van der Waals surface area contributed by atoms with Crippen molar-refractivity contribution in [2.45, 2.75) is 13.5 Å². The van der Waals surface area contributed by atoms with Crippen LogP contribution < -0.4 is 10.1 Å². The van der Waals surface area contributed by atoms with Crippen molar-refractivity contribution in [1.29, 1.82) is 5.26 Å². The highest BCUT2D eigenvalue weighted by molar-refractivity contribution is 6.30. The van der Waals surface area contributed by atoms with Gasteiger partial charge in [0.2, 0.25) is 0 Å². The second kappa shape index (κ2) is 9.59. The first-order valence-corrected chi connectivity index (χ1v) is 9.38. The number of nitrogens with one attached hydrogen (secondary N) is 1. The molecule has 1 amide bonds. The molecule has 5 heteroatoms. The number of rotatable bonds is 6. The molecule has 0 spiro atoms. The van der Waals surface area contributed by atoms with Crippen LogP contribution in [0.1, 0.15) is 16.7 Å². The van der Waals surface area contributed by atoms with Crippen molar-refractivity contribution in [3.8, 4) is 11.8 Å². The van der Waals surface area contributed by atoms with E-state index in [4.69, 9.17) is 16.3 Å². The third kappa shape index (κ3) is 5.97. The van der Waals surface area contributed by atoms with E-state index in [0.29, 0.717) is 28.6 Å². The Morgan fingerprint density at radius 2 is 1.83 bits per heavy atom. The van der Waals surface area contributed by atoms with E-state index in [1.165, 1.54) is 11.6 Å². The number of hydrogen-bond acceptors (Lipinski definition) is 3. The van der Waals surface area contributed by atoms with Crippen LogP contribution in [0.3, 0.4) is 0 Å². The molecule has 3 rings (SSSR count). The number of ether oxygens (including phenoxy) is 1. The Hall–Kier alpha value is -3.55. The molecule has 0 atom stereocenters. The van der Waals surface area contributed by atoms with Crippen LogP contribution in [0.4, 0.5) is 5.69 Å². The number of amides is 1. The van der Waals surface area contributed by atoms with Gasteiger partial charge in [0, 0.05) is 10.7 Å². The topological polar surface area (TPSA) is 62.1 Å². The summed E-state index contributed by atoms with van der Waals surface area (Å²) in [6.45, 7) is 2.48. The van der Waals surface area contributed by atoms with Gasteiger partial charge in [-0.3, -0.25) is 4.79 Å². The molecule has 0 radical (unpaired) electrons. The minimum atomic E-state index is -0.485. The van der Waals surface area contributed by atoms with E-state index in [0.717, 1.165) is 5.56 Å². The van der Waals surface area contributed by atoms with Crippen molar-refractivity contribution in [2.24, 2.45) is 0 Å². The van der Waals surface area contributed by atoms with Crippen LogP contribution in [0.2, 0.25) is 5.02 Å². The van der Waals surface area contributed by atoms with Crippen LogP contribution in [0, 0.1) is 18.3 Å². The van der Waals surface area contributed by atoms with Crippen molar-refractivity contribution in [3.63, 3.8) is 0 Å². The molecule has 29 heavy (non-hydrogen) atoms. The molecule has 144 valence electrons. The predicted octanol–water partition coefficient (Wildman–Crippen LogP) is 5.77. The number of carbonyl (C=O) groups excluding carboxylic acids is 1. The largest absolute Gasteiger partial charge is 0.489 e. The molecule has 0 aliphatic carbocycles. The van der Waals surface area contributed by atoms with Gasteiger partial charge in [0.05, 0.1) is 0 Å². The molecular formula is C24H19ClN2O2. The lowest BCUT2D eigenvalue weighted by molar-refractivity contribution is -0.112. The van der Waals surface area contributed by atoms with Gasteiger partial charge in [0.25, 0.3) is 5.91 Å². The van der Waals surface area contributed by atoms with Gasteiger partial charge in [-0.2, -0.15) is 5.26 Å². The number of nitriles is 1. The Labute approximate surface area is 175 Å². The molecule has 0 saturated heterocycles. The second-order valence-corrected chi connectivity index (χ2v) is 6.91. The normalized spacial score (nSPS) is 10.9.